The van der Waals surface area contributed by atoms with E-state index in [0.29, 0.717) is 24.7 Å². The number of nitrogens with zero attached hydrogens (tertiary/aromatic N) is 1. The molecule has 9 heteroatoms. The lowest BCUT2D eigenvalue weighted by Crippen LogP contribution is -2.48. The first kappa shape index (κ1) is 19.0. The molecule has 1 heterocycles. The molecule has 0 aliphatic carbocycles. The van der Waals surface area contributed by atoms with Crippen molar-refractivity contribution < 1.29 is 22.6 Å². The second kappa shape index (κ2) is 7.98. The van der Waals surface area contributed by atoms with E-state index in [1.54, 1.807) is 6.07 Å². The van der Waals surface area contributed by atoms with Crippen molar-refractivity contribution in [3.8, 4) is 11.5 Å². The fourth-order valence-corrected chi connectivity index (χ4v) is 3.65. The lowest BCUT2D eigenvalue weighted by molar-refractivity contribution is 0.00450. The van der Waals surface area contributed by atoms with Crippen LogP contribution < -0.4 is 15.2 Å². The summed E-state index contributed by atoms with van der Waals surface area (Å²) in [5.41, 5.74) is 5.55. The molecule has 1 unspecified atom stereocenters. The second-order valence-electron chi connectivity index (χ2n) is 4.61. The number of ether oxygens (including phenoxy) is 3. The third kappa shape index (κ3) is 3.82. The van der Waals surface area contributed by atoms with Gasteiger partial charge in [0.05, 0.1) is 31.8 Å². The summed E-state index contributed by atoms with van der Waals surface area (Å²) in [4.78, 5) is 0.165. The summed E-state index contributed by atoms with van der Waals surface area (Å²) in [6.45, 7) is 1.20. The Bertz CT molecular complexity index is 596. The van der Waals surface area contributed by atoms with Crippen molar-refractivity contribution in [2.45, 2.75) is 11.0 Å². The molecule has 0 spiro atoms. The van der Waals surface area contributed by atoms with Crippen LogP contribution in [-0.4, -0.2) is 59.3 Å². The van der Waals surface area contributed by atoms with Gasteiger partial charge >= 0.3 is 0 Å². The third-order valence-electron chi connectivity index (χ3n) is 3.36. The highest BCUT2D eigenvalue weighted by Crippen LogP contribution is 2.31. The lowest BCUT2D eigenvalue weighted by Gasteiger charge is -2.31. The van der Waals surface area contributed by atoms with Crippen LogP contribution in [0.25, 0.3) is 0 Å². The van der Waals surface area contributed by atoms with Crippen LogP contribution in [0.15, 0.2) is 23.1 Å². The van der Waals surface area contributed by atoms with Gasteiger partial charge in [0.1, 0.15) is 0 Å². The van der Waals surface area contributed by atoms with Gasteiger partial charge in [-0.15, -0.1) is 12.4 Å². The van der Waals surface area contributed by atoms with E-state index in [4.69, 9.17) is 19.9 Å². The van der Waals surface area contributed by atoms with Crippen LogP contribution in [0.4, 0.5) is 0 Å². The summed E-state index contributed by atoms with van der Waals surface area (Å²) < 4.78 is 42.3. The van der Waals surface area contributed by atoms with Crippen LogP contribution in [0.5, 0.6) is 11.5 Å². The highest BCUT2D eigenvalue weighted by atomic mass is 35.5. The number of methoxy groups -OCH3 is 2. The maximum absolute atomic E-state index is 12.6. The highest BCUT2D eigenvalue weighted by Gasteiger charge is 2.30. The van der Waals surface area contributed by atoms with Crippen molar-refractivity contribution in [2.75, 3.05) is 40.5 Å². The number of hydrogen-bond acceptors (Lipinski definition) is 6. The maximum Gasteiger partial charge on any atom is 0.243 e. The van der Waals surface area contributed by atoms with E-state index in [9.17, 15) is 8.42 Å². The Morgan fingerprint density at radius 3 is 2.59 bits per heavy atom. The molecule has 126 valence electrons. The number of halogens is 1. The zero-order valence-corrected chi connectivity index (χ0v) is 14.2. The van der Waals surface area contributed by atoms with Gasteiger partial charge in [0.25, 0.3) is 0 Å². The molecule has 0 amide bonds. The Hall–Kier alpha value is -1.06. The van der Waals surface area contributed by atoms with Gasteiger partial charge in [-0.05, 0) is 12.1 Å². The fraction of sp³-hybridized carbons (Fsp3) is 0.538. The van der Waals surface area contributed by atoms with Crippen molar-refractivity contribution in [2.24, 2.45) is 5.73 Å². The number of sulfonamides is 1. The zero-order chi connectivity index (χ0) is 15.5. The van der Waals surface area contributed by atoms with Gasteiger partial charge < -0.3 is 19.9 Å². The van der Waals surface area contributed by atoms with Gasteiger partial charge in [0.15, 0.2) is 11.5 Å². The first-order chi connectivity index (χ1) is 10.0. The molecule has 22 heavy (non-hydrogen) atoms. The van der Waals surface area contributed by atoms with E-state index in [0.717, 1.165) is 0 Å². The minimum atomic E-state index is -3.60. The Kier molecular flexibility index (Phi) is 6.89. The number of hydrogen-bond donors (Lipinski definition) is 1. The van der Waals surface area contributed by atoms with E-state index in [1.165, 1.54) is 30.7 Å². The molecular formula is C13H21ClN2O5S. The quantitative estimate of drug-likeness (QED) is 0.828. The summed E-state index contributed by atoms with van der Waals surface area (Å²) in [6.07, 6.45) is -0.270. The summed E-state index contributed by atoms with van der Waals surface area (Å²) in [5.74, 6) is 0.862. The molecule has 7 nitrogen and oxygen atoms in total. The van der Waals surface area contributed by atoms with Gasteiger partial charge in [-0.2, -0.15) is 4.31 Å². The first-order valence-corrected chi connectivity index (χ1v) is 8.00. The molecule has 1 atom stereocenters. The SMILES string of the molecule is COc1ccc(S(=O)(=O)N2CCOC(CN)C2)cc1OC.Cl. The van der Waals surface area contributed by atoms with Crippen molar-refractivity contribution in [1.29, 1.82) is 0 Å². The molecule has 1 saturated heterocycles. The maximum atomic E-state index is 12.6. The van der Waals surface area contributed by atoms with Crippen molar-refractivity contribution >= 4 is 22.4 Å². The number of benzene rings is 1. The van der Waals surface area contributed by atoms with Crippen molar-refractivity contribution in [1.82, 2.24) is 4.31 Å². The normalized spacial score (nSPS) is 19.3. The largest absolute Gasteiger partial charge is 0.493 e. The predicted octanol–water partition coefficient (Wildman–Crippen LogP) is 0.474. The highest BCUT2D eigenvalue weighted by molar-refractivity contribution is 7.89. The van der Waals surface area contributed by atoms with Gasteiger partial charge in [0.2, 0.25) is 10.0 Å². The molecule has 0 bridgehead atoms. The molecule has 1 aliphatic heterocycles. The van der Waals surface area contributed by atoms with E-state index >= 15 is 0 Å². The van der Waals surface area contributed by atoms with Crippen LogP contribution in [0.2, 0.25) is 0 Å². The van der Waals surface area contributed by atoms with E-state index < -0.39 is 10.0 Å². The minimum absolute atomic E-state index is 0. The molecular weight excluding hydrogens is 332 g/mol. The van der Waals surface area contributed by atoms with Crippen LogP contribution >= 0.6 is 12.4 Å². The molecule has 1 aromatic carbocycles. The Morgan fingerprint density at radius 2 is 2.00 bits per heavy atom. The zero-order valence-electron chi connectivity index (χ0n) is 12.5. The van der Waals surface area contributed by atoms with Crippen LogP contribution in [0.3, 0.4) is 0 Å². The molecule has 0 saturated carbocycles. The Labute approximate surface area is 136 Å². The number of morpholine rings is 1. The smallest absolute Gasteiger partial charge is 0.243 e. The fourth-order valence-electron chi connectivity index (χ4n) is 2.18. The molecule has 1 fully saturated rings. The van der Waals surface area contributed by atoms with Crippen molar-refractivity contribution in [3.05, 3.63) is 18.2 Å². The van der Waals surface area contributed by atoms with Crippen LogP contribution in [-0.2, 0) is 14.8 Å². The second-order valence-corrected chi connectivity index (χ2v) is 6.55. The summed E-state index contributed by atoms with van der Waals surface area (Å²) in [6, 6.07) is 4.54. The molecule has 1 aliphatic rings. The summed E-state index contributed by atoms with van der Waals surface area (Å²) in [5, 5.41) is 0. The van der Waals surface area contributed by atoms with Crippen molar-refractivity contribution in [3.63, 3.8) is 0 Å². The molecule has 2 N–H and O–H groups in total. The Balaban J connectivity index is 0.00000242. The van der Waals surface area contributed by atoms with E-state index in [1.807, 2.05) is 0 Å². The summed E-state index contributed by atoms with van der Waals surface area (Å²) >= 11 is 0. The molecule has 2 rings (SSSR count). The number of rotatable bonds is 5. The average molecular weight is 353 g/mol. The van der Waals surface area contributed by atoms with Gasteiger partial charge in [-0.3, -0.25) is 0 Å². The lowest BCUT2D eigenvalue weighted by atomic mass is 10.3. The standard InChI is InChI=1S/C13H20N2O5S.ClH/c1-18-12-4-3-11(7-13(12)19-2)21(16,17)15-5-6-20-10(8-14)9-15;/h3-4,7,10H,5-6,8-9,14H2,1-2H3;1H. The first-order valence-electron chi connectivity index (χ1n) is 6.56. The van der Waals surface area contributed by atoms with E-state index in [-0.39, 0.29) is 36.5 Å². The predicted molar refractivity (Wildman–Crippen MR) is 84.3 cm³/mol. The average Bonchev–Trinajstić information content (AvgIpc) is 2.54. The topological polar surface area (TPSA) is 91.1 Å². The van der Waals surface area contributed by atoms with Gasteiger partial charge in [0, 0.05) is 25.7 Å². The molecule has 1 aromatic rings. The number of nitrogens with two attached hydrogens (primary N) is 1. The molecule has 0 radical (unpaired) electrons. The van der Waals surface area contributed by atoms with Crippen LogP contribution in [0, 0.1) is 0 Å². The van der Waals surface area contributed by atoms with Crippen LogP contribution in [0.1, 0.15) is 0 Å². The van der Waals surface area contributed by atoms with Gasteiger partial charge in [-0.1, -0.05) is 0 Å². The summed E-state index contributed by atoms with van der Waals surface area (Å²) in [7, 11) is -0.635. The Morgan fingerprint density at radius 1 is 1.32 bits per heavy atom. The molecule has 0 aromatic heterocycles. The minimum Gasteiger partial charge on any atom is -0.493 e. The van der Waals surface area contributed by atoms with E-state index in [2.05, 4.69) is 0 Å². The van der Waals surface area contributed by atoms with Gasteiger partial charge in [-0.25, -0.2) is 8.42 Å². The third-order valence-corrected chi connectivity index (χ3v) is 5.22. The monoisotopic (exact) mass is 352 g/mol.